The van der Waals surface area contributed by atoms with Crippen molar-refractivity contribution in [3.8, 4) is 0 Å². The average molecular weight is 380 g/mol. The van der Waals surface area contributed by atoms with Crippen molar-refractivity contribution in [2.75, 3.05) is 13.2 Å². The first-order valence-electron chi connectivity index (χ1n) is 10.5. The second-order valence-electron chi connectivity index (χ2n) is 8.03. The maximum atomic E-state index is 11.2. The predicted molar refractivity (Wildman–Crippen MR) is 107 cm³/mol. The van der Waals surface area contributed by atoms with Crippen LogP contribution >= 0.6 is 0 Å². The minimum absolute atomic E-state index is 0.0691. The van der Waals surface area contributed by atoms with Gasteiger partial charge in [0, 0.05) is 20.0 Å². The maximum Gasteiger partial charge on any atom is 0.217 e. The number of carbonyl (C=O) groups is 1. The minimum atomic E-state index is -0.117. The quantitative estimate of drug-likeness (QED) is 0.543. The van der Waals surface area contributed by atoms with Crippen LogP contribution in [0, 0.1) is 11.8 Å². The molecule has 2 N–H and O–H groups in total. The van der Waals surface area contributed by atoms with Crippen LogP contribution in [-0.2, 0) is 14.3 Å². The van der Waals surface area contributed by atoms with Gasteiger partial charge < -0.3 is 19.9 Å². The van der Waals surface area contributed by atoms with E-state index in [1.165, 1.54) is 19.6 Å². The van der Waals surface area contributed by atoms with Crippen LogP contribution in [0.15, 0.2) is 23.7 Å². The summed E-state index contributed by atoms with van der Waals surface area (Å²) in [6.45, 7) is 7.06. The van der Waals surface area contributed by atoms with Crippen molar-refractivity contribution < 1.29 is 19.4 Å². The van der Waals surface area contributed by atoms with Gasteiger partial charge in [0.2, 0.25) is 5.91 Å². The number of hydrogen-bond donors (Lipinski definition) is 2. The van der Waals surface area contributed by atoms with E-state index in [1.807, 2.05) is 13.8 Å². The number of amides is 1. The molecule has 5 heteroatoms. The molecule has 0 aliphatic heterocycles. The number of nitrogens with one attached hydrogen (secondary N) is 1. The highest BCUT2D eigenvalue weighted by atomic mass is 16.5. The van der Waals surface area contributed by atoms with Crippen LogP contribution in [0.5, 0.6) is 0 Å². The van der Waals surface area contributed by atoms with Crippen molar-refractivity contribution in [3.63, 3.8) is 0 Å². The second kappa shape index (κ2) is 11.4. The molecule has 0 saturated heterocycles. The summed E-state index contributed by atoms with van der Waals surface area (Å²) in [4.78, 5) is 11.2. The van der Waals surface area contributed by atoms with Crippen LogP contribution in [0.3, 0.4) is 0 Å². The van der Waals surface area contributed by atoms with E-state index in [-0.39, 0.29) is 11.9 Å². The van der Waals surface area contributed by atoms with Gasteiger partial charge in [0.05, 0.1) is 30.8 Å². The number of hydrogen-bond acceptors (Lipinski definition) is 4. The van der Waals surface area contributed by atoms with Gasteiger partial charge in [-0.3, -0.25) is 4.79 Å². The van der Waals surface area contributed by atoms with Crippen molar-refractivity contribution in [2.24, 2.45) is 11.8 Å². The van der Waals surface area contributed by atoms with Crippen LogP contribution in [0.25, 0.3) is 0 Å². The summed E-state index contributed by atoms with van der Waals surface area (Å²) < 4.78 is 11.7. The van der Waals surface area contributed by atoms with Crippen LogP contribution in [-0.4, -0.2) is 36.4 Å². The van der Waals surface area contributed by atoms with Gasteiger partial charge in [-0.05, 0) is 82.3 Å². The summed E-state index contributed by atoms with van der Waals surface area (Å²) in [5, 5.41) is 12.4. The van der Waals surface area contributed by atoms with E-state index in [1.54, 1.807) is 0 Å². The Hall–Kier alpha value is -1.49. The van der Waals surface area contributed by atoms with Crippen LogP contribution < -0.4 is 5.32 Å². The molecule has 2 unspecified atom stereocenters. The molecule has 154 valence electrons. The highest BCUT2D eigenvalue weighted by Gasteiger charge is 2.27. The van der Waals surface area contributed by atoms with Gasteiger partial charge in [0.1, 0.15) is 0 Å². The van der Waals surface area contributed by atoms with Crippen molar-refractivity contribution >= 4 is 5.91 Å². The Morgan fingerprint density at radius 1 is 1.37 bits per heavy atom. The van der Waals surface area contributed by atoms with Crippen LogP contribution in [0.4, 0.5) is 0 Å². The molecule has 5 nitrogen and oxygen atoms in total. The summed E-state index contributed by atoms with van der Waals surface area (Å²) in [6, 6.07) is -0.117. The molecule has 4 atom stereocenters. The molecular weight excluding hydrogens is 342 g/mol. The highest BCUT2D eigenvalue weighted by molar-refractivity contribution is 5.73. The fraction of sp³-hybridized carbons (Fsp3) is 0.773. The van der Waals surface area contributed by atoms with Crippen LogP contribution in [0.1, 0.15) is 72.1 Å². The largest absolute Gasteiger partial charge is 0.516 e. The first kappa shape index (κ1) is 21.8. The van der Waals surface area contributed by atoms with Gasteiger partial charge in [-0.15, -0.1) is 0 Å². The molecular formula is C22H37NO4. The van der Waals surface area contributed by atoms with Crippen molar-refractivity contribution in [2.45, 2.75) is 84.3 Å². The molecule has 1 saturated carbocycles. The monoisotopic (exact) mass is 379 g/mol. The van der Waals surface area contributed by atoms with E-state index < -0.39 is 0 Å². The third-order valence-corrected chi connectivity index (χ3v) is 5.85. The second-order valence-corrected chi connectivity index (χ2v) is 8.03. The maximum absolute atomic E-state index is 11.2. The first-order chi connectivity index (χ1) is 13.0. The fourth-order valence-corrected chi connectivity index (χ4v) is 4.28. The zero-order chi connectivity index (χ0) is 19.6. The predicted octanol–water partition coefficient (Wildman–Crippen LogP) is 4.64. The van der Waals surface area contributed by atoms with Crippen molar-refractivity contribution in [1.82, 2.24) is 5.32 Å². The lowest BCUT2D eigenvalue weighted by molar-refractivity contribution is -0.119. The summed E-state index contributed by atoms with van der Waals surface area (Å²) in [7, 11) is 0. The molecule has 0 aromatic carbocycles. The van der Waals surface area contributed by atoms with E-state index in [2.05, 4.69) is 11.4 Å². The van der Waals surface area contributed by atoms with E-state index in [0.717, 1.165) is 69.5 Å². The third-order valence-electron chi connectivity index (χ3n) is 5.85. The Kier molecular flexibility index (Phi) is 9.19. The summed E-state index contributed by atoms with van der Waals surface area (Å²) in [5.74, 6) is 2.33. The number of aliphatic hydroxyl groups is 1. The summed E-state index contributed by atoms with van der Waals surface area (Å²) >= 11 is 0. The molecule has 1 fully saturated rings. The van der Waals surface area contributed by atoms with Crippen molar-refractivity contribution in [1.29, 1.82) is 0 Å². The minimum Gasteiger partial charge on any atom is -0.516 e. The molecule has 1 amide bonds. The Labute approximate surface area is 164 Å². The van der Waals surface area contributed by atoms with Gasteiger partial charge in [-0.2, -0.15) is 0 Å². The standard InChI is InChI=1S/C22H37NO4/c1-4-26-21-8-5-18(6-9-21)11-12-27-22-10-7-19(14-22)13-20(15-24)16(2)23-17(3)25/h8,15-16,18-19,22,24H,4-7,9-14H2,1-3H3,(H,23,25)/b20-15+/t16-,18?,19?,22+/m0/s1. The number of rotatable bonds is 10. The van der Waals surface area contributed by atoms with Crippen LogP contribution in [0.2, 0.25) is 0 Å². The number of carbonyl (C=O) groups excluding carboxylic acids is 1. The molecule has 0 aromatic heterocycles. The molecule has 0 bridgehead atoms. The SMILES string of the molecule is CCOC1=CCC(CCO[C@@H]2CCC(C/C(=C\O)[C@H](C)NC(C)=O)C2)CC1. The fourth-order valence-electron chi connectivity index (χ4n) is 4.28. The van der Waals surface area contributed by atoms with Gasteiger partial charge in [-0.1, -0.05) is 0 Å². The zero-order valence-corrected chi connectivity index (χ0v) is 17.2. The lowest BCUT2D eigenvalue weighted by atomic mass is 9.91. The van der Waals surface area contributed by atoms with Gasteiger partial charge in [-0.25, -0.2) is 0 Å². The third kappa shape index (κ3) is 7.57. The van der Waals surface area contributed by atoms with E-state index >= 15 is 0 Å². The molecule has 0 heterocycles. The number of aliphatic hydroxyl groups excluding tert-OH is 1. The summed E-state index contributed by atoms with van der Waals surface area (Å²) in [6.07, 6.45) is 12.3. The zero-order valence-electron chi connectivity index (χ0n) is 17.2. The Balaban J connectivity index is 1.64. The van der Waals surface area contributed by atoms with Gasteiger partial charge >= 0.3 is 0 Å². The van der Waals surface area contributed by atoms with Gasteiger partial charge in [0.15, 0.2) is 0 Å². The normalized spacial score (nSPS) is 27.1. The summed E-state index contributed by atoms with van der Waals surface area (Å²) in [5.41, 5.74) is 0.898. The Bertz CT molecular complexity index is 528. The topological polar surface area (TPSA) is 67.8 Å². The van der Waals surface area contributed by atoms with Crippen molar-refractivity contribution in [3.05, 3.63) is 23.7 Å². The molecule has 27 heavy (non-hydrogen) atoms. The van der Waals surface area contributed by atoms with E-state index in [9.17, 15) is 9.90 Å². The number of allylic oxidation sites excluding steroid dienone is 2. The smallest absolute Gasteiger partial charge is 0.217 e. The molecule has 0 aromatic rings. The average Bonchev–Trinajstić information content (AvgIpc) is 3.08. The Morgan fingerprint density at radius 2 is 2.19 bits per heavy atom. The van der Waals surface area contributed by atoms with Gasteiger partial charge in [0.25, 0.3) is 0 Å². The first-order valence-corrected chi connectivity index (χ1v) is 10.5. The molecule has 2 rings (SSSR count). The lowest BCUT2D eigenvalue weighted by Crippen LogP contribution is -2.32. The molecule has 2 aliphatic rings. The Morgan fingerprint density at radius 3 is 2.81 bits per heavy atom. The highest BCUT2D eigenvalue weighted by Crippen LogP contribution is 2.34. The van der Waals surface area contributed by atoms with E-state index in [4.69, 9.17) is 9.47 Å². The lowest BCUT2D eigenvalue weighted by Gasteiger charge is -2.22. The molecule has 0 radical (unpaired) electrons. The number of ether oxygens (including phenoxy) is 2. The van der Waals surface area contributed by atoms with E-state index in [0.29, 0.717) is 17.9 Å². The molecule has 0 spiro atoms. The molecule has 2 aliphatic carbocycles.